The maximum atomic E-state index is 6.67. The Kier molecular flexibility index (Phi) is 5.76. The van der Waals surface area contributed by atoms with Crippen LogP contribution in [0.4, 0.5) is 17.1 Å². The highest BCUT2D eigenvalue weighted by Gasteiger charge is 2.46. The van der Waals surface area contributed by atoms with Crippen LogP contribution in [-0.4, -0.2) is 0 Å². The molecule has 0 N–H and O–H groups in total. The van der Waals surface area contributed by atoms with Gasteiger partial charge in [0.2, 0.25) is 0 Å². The molecule has 1 heterocycles. The van der Waals surface area contributed by atoms with Crippen molar-refractivity contribution in [3.63, 3.8) is 0 Å². The highest BCUT2D eigenvalue weighted by Crippen LogP contribution is 2.57. The Hall–Kier alpha value is -5.86. The molecular weight excluding hydrogens is 546 g/mol. The fourth-order valence-corrected chi connectivity index (χ4v) is 7.44. The van der Waals surface area contributed by atoms with Gasteiger partial charge in [0.15, 0.2) is 0 Å². The summed E-state index contributed by atoms with van der Waals surface area (Å²) in [7, 11) is 0. The van der Waals surface area contributed by atoms with Crippen LogP contribution in [0, 0.1) is 0 Å². The van der Waals surface area contributed by atoms with E-state index in [0.717, 1.165) is 39.0 Å². The van der Waals surface area contributed by atoms with Gasteiger partial charge in [0.1, 0.15) is 11.2 Å². The van der Waals surface area contributed by atoms with Crippen LogP contribution in [0.3, 0.4) is 0 Å². The van der Waals surface area contributed by atoms with E-state index < -0.39 is 5.41 Å². The Bertz CT molecular complexity index is 2230. The lowest BCUT2D eigenvalue weighted by molar-refractivity contribution is 0.666. The van der Waals surface area contributed by atoms with Gasteiger partial charge in [-0.05, 0) is 88.0 Å². The van der Waals surface area contributed by atoms with E-state index >= 15 is 0 Å². The van der Waals surface area contributed by atoms with E-state index in [1.165, 1.54) is 33.4 Å². The third-order valence-electron chi connectivity index (χ3n) is 9.32. The summed E-state index contributed by atoms with van der Waals surface area (Å²) in [6, 6.07) is 63.0. The van der Waals surface area contributed by atoms with Crippen molar-refractivity contribution in [2.45, 2.75) is 5.41 Å². The number of rotatable bonds is 5. The number of hydrogen-bond donors (Lipinski definition) is 0. The van der Waals surface area contributed by atoms with Gasteiger partial charge >= 0.3 is 0 Å². The topological polar surface area (TPSA) is 16.4 Å². The predicted molar refractivity (Wildman–Crippen MR) is 186 cm³/mol. The van der Waals surface area contributed by atoms with Crippen molar-refractivity contribution in [3.8, 4) is 11.1 Å². The first kappa shape index (κ1) is 25.6. The van der Waals surface area contributed by atoms with E-state index in [-0.39, 0.29) is 0 Å². The maximum absolute atomic E-state index is 6.67. The SMILES string of the molecule is c1ccc(N(c2ccccc2)c2ccc3oc4cc5c(cc4c3c2)-c2ccccc2C5(c2ccccc2)c2ccccc2)cc1. The molecule has 0 saturated heterocycles. The van der Waals surface area contributed by atoms with Gasteiger partial charge in [-0.2, -0.15) is 0 Å². The largest absolute Gasteiger partial charge is 0.456 e. The summed E-state index contributed by atoms with van der Waals surface area (Å²) in [6.07, 6.45) is 0. The lowest BCUT2D eigenvalue weighted by atomic mass is 9.67. The number of para-hydroxylation sites is 2. The van der Waals surface area contributed by atoms with E-state index in [1.807, 2.05) is 0 Å². The quantitative estimate of drug-likeness (QED) is 0.203. The molecule has 212 valence electrons. The molecule has 45 heavy (non-hydrogen) atoms. The van der Waals surface area contributed by atoms with E-state index in [9.17, 15) is 0 Å². The monoisotopic (exact) mass is 575 g/mol. The predicted octanol–water partition coefficient (Wildman–Crippen LogP) is 11.4. The third kappa shape index (κ3) is 3.82. The molecule has 1 aromatic heterocycles. The molecule has 7 aromatic carbocycles. The van der Waals surface area contributed by atoms with Crippen molar-refractivity contribution in [1.29, 1.82) is 0 Å². The molecule has 8 aromatic rings. The fraction of sp³-hybridized carbons (Fsp3) is 0.0233. The fourth-order valence-electron chi connectivity index (χ4n) is 7.44. The second-order valence-electron chi connectivity index (χ2n) is 11.7. The van der Waals surface area contributed by atoms with Gasteiger partial charge in [-0.15, -0.1) is 0 Å². The minimum absolute atomic E-state index is 0.454. The van der Waals surface area contributed by atoms with E-state index in [4.69, 9.17) is 4.42 Å². The van der Waals surface area contributed by atoms with Crippen LogP contribution in [0.5, 0.6) is 0 Å². The molecule has 0 amide bonds. The summed E-state index contributed by atoms with van der Waals surface area (Å²) >= 11 is 0. The van der Waals surface area contributed by atoms with Crippen LogP contribution in [0.1, 0.15) is 22.3 Å². The van der Waals surface area contributed by atoms with Gasteiger partial charge in [0, 0.05) is 27.8 Å². The number of furan rings is 1. The summed E-state index contributed by atoms with van der Waals surface area (Å²) in [5.74, 6) is 0. The molecule has 0 fully saturated rings. The highest BCUT2D eigenvalue weighted by molar-refractivity contribution is 6.09. The molecule has 0 unspecified atom stereocenters. The summed E-state index contributed by atoms with van der Waals surface area (Å²) in [4.78, 5) is 2.30. The van der Waals surface area contributed by atoms with Crippen molar-refractivity contribution in [2.75, 3.05) is 4.90 Å². The molecule has 0 spiro atoms. The number of fused-ring (bicyclic) bond motifs is 6. The Balaban J connectivity index is 1.31. The Morgan fingerprint density at radius 3 is 1.53 bits per heavy atom. The smallest absolute Gasteiger partial charge is 0.135 e. The third-order valence-corrected chi connectivity index (χ3v) is 9.32. The average Bonchev–Trinajstić information content (AvgIpc) is 3.62. The van der Waals surface area contributed by atoms with Gasteiger partial charge in [-0.3, -0.25) is 0 Å². The van der Waals surface area contributed by atoms with Crippen LogP contribution in [0.15, 0.2) is 180 Å². The molecule has 0 aliphatic heterocycles. The second kappa shape index (κ2) is 10.1. The first-order chi connectivity index (χ1) is 22.3. The van der Waals surface area contributed by atoms with Crippen molar-refractivity contribution < 1.29 is 4.42 Å². The maximum Gasteiger partial charge on any atom is 0.135 e. The molecule has 0 saturated carbocycles. The average molecular weight is 576 g/mol. The van der Waals surface area contributed by atoms with Crippen molar-refractivity contribution in [2.24, 2.45) is 0 Å². The standard InChI is InChI=1S/C43H29NO/c1-5-15-30(16-6-1)43(31-17-7-2-8-18-31)39-24-14-13-23-35(39)36-28-38-37-27-34(25-26-41(37)45-42(38)29-40(36)43)44(32-19-9-3-10-20-32)33-21-11-4-12-22-33/h1-29H. The lowest BCUT2D eigenvalue weighted by Crippen LogP contribution is -2.28. The minimum atomic E-state index is -0.454. The molecule has 9 rings (SSSR count). The lowest BCUT2D eigenvalue weighted by Gasteiger charge is -2.33. The van der Waals surface area contributed by atoms with Crippen LogP contribution in [0.25, 0.3) is 33.1 Å². The van der Waals surface area contributed by atoms with Gasteiger partial charge in [0.25, 0.3) is 0 Å². The molecule has 1 aliphatic carbocycles. The van der Waals surface area contributed by atoms with Crippen LogP contribution in [0.2, 0.25) is 0 Å². The van der Waals surface area contributed by atoms with Crippen molar-refractivity contribution >= 4 is 39.0 Å². The zero-order chi connectivity index (χ0) is 29.8. The molecule has 0 radical (unpaired) electrons. The van der Waals surface area contributed by atoms with Gasteiger partial charge in [-0.1, -0.05) is 121 Å². The molecule has 0 bridgehead atoms. The van der Waals surface area contributed by atoms with Gasteiger partial charge in [-0.25, -0.2) is 0 Å². The number of anilines is 3. The molecule has 1 aliphatic rings. The van der Waals surface area contributed by atoms with Crippen LogP contribution < -0.4 is 4.90 Å². The van der Waals surface area contributed by atoms with Crippen molar-refractivity contribution in [3.05, 3.63) is 198 Å². The molecule has 2 heteroatoms. The Labute approximate surface area is 262 Å². The minimum Gasteiger partial charge on any atom is -0.456 e. The normalized spacial score (nSPS) is 13.1. The summed E-state index contributed by atoms with van der Waals surface area (Å²) in [5, 5.41) is 2.23. The molecule has 0 atom stereocenters. The zero-order valence-corrected chi connectivity index (χ0v) is 24.6. The van der Waals surface area contributed by atoms with E-state index in [2.05, 4.69) is 181 Å². The Morgan fingerprint density at radius 1 is 0.378 bits per heavy atom. The first-order valence-corrected chi connectivity index (χ1v) is 15.4. The highest BCUT2D eigenvalue weighted by atomic mass is 16.3. The van der Waals surface area contributed by atoms with Crippen LogP contribution in [-0.2, 0) is 5.41 Å². The van der Waals surface area contributed by atoms with Gasteiger partial charge in [0.05, 0.1) is 5.41 Å². The number of nitrogens with zero attached hydrogens (tertiary/aromatic N) is 1. The zero-order valence-electron chi connectivity index (χ0n) is 24.6. The summed E-state index contributed by atoms with van der Waals surface area (Å²) in [6.45, 7) is 0. The van der Waals surface area contributed by atoms with E-state index in [1.54, 1.807) is 0 Å². The van der Waals surface area contributed by atoms with Crippen LogP contribution >= 0.6 is 0 Å². The molecule has 2 nitrogen and oxygen atoms in total. The Morgan fingerprint density at radius 2 is 0.911 bits per heavy atom. The van der Waals surface area contributed by atoms with Crippen molar-refractivity contribution in [1.82, 2.24) is 0 Å². The summed E-state index contributed by atoms with van der Waals surface area (Å²) < 4.78 is 6.67. The number of hydrogen-bond acceptors (Lipinski definition) is 2. The number of benzene rings is 7. The van der Waals surface area contributed by atoms with Gasteiger partial charge < -0.3 is 9.32 Å². The molecular formula is C43H29NO. The summed E-state index contributed by atoms with van der Waals surface area (Å²) in [5.41, 5.74) is 12.2. The first-order valence-electron chi connectivity index (χ1n) is 15.4. The van der Waals surface area contributed by atoms with E-state index in [0.29, 0.717) is 0 Å². The second-order valence-corrected chi connectivity index (χ2v) is 11.7.